The van der Waals surface area contributed by atoms with Crippen LogP contribution in [-0.2, 0) is 0 Å². The van der Waals surface area contributed by atoms with E-state index in [2.05, 4.69) is 15.2 Å². The highest BCUT2D eigenvalue weighted by Crippen LogP contribution is 2.26. The molecule has 1 unspecified atom stereocenters. The predicted octanol–water partition coefficient (Wildman–Crippen LogP) is 3.29. The van der Waals surface area contributed by atoms with Crippen LogP contribution in [-0.4, -0.2) is 24.8 Å². The number of aromatic nitrogens is 4. The number of benzene rings is 1. The van der Waals surface area contributed by atoms with Crippen LogP contribution in [0.1, 0.15) is 31.0 Å². The van der Waals surface area contributed by atoms with Gasteiger partial charge in [-0.15, -0.1) is 0 Å². The van der Waals surface area contributed by atoms with Crippen molar-refractivity contribution in [3.8, 4) is 11.4 Å². The molecule has 1 atom stereocenters. The largest absolute Gasteiger partial charge is 0.390 e. The van der Waals surface area contributed by atoms with Crippen molar-refractivity contribution in [2.24, 2.45) is 0 Å². The quantitative estimate of drug-likeness (QED) is 0.525. The molecular formula is C15H14FN5O3. The number of halogens is 1. The van der Waals surface area contributed by atoms with Crippen LogP contribution >= 0.6 is 0 Å². The SMILES string of the molecule is CCC(c1nc(-c2ccc(F)cc2)no1)n1nc([N+](=O)[O-])cc1C. The minimum Gasteiger partial charge on any atom is -0.358 e. The van der Waals surface area contributed by atoms with Gasteiger partial charge in [0, 0.05) is 5.56 Å². The highest BCUT2D eigenvalue weighted by atomic mass is 19.1. The van der Waals surface area contributed by atoms with E-state index in [4.69, 9.17) is 4.52 Å². The average Bonchev–Trinajstić information content (AvgIpc) is 3.17. The highest BCUT2D eigenvalue weighted by Gasteiger charge is 2.27. The number of hydrogen-bond acceptors (Lipinski definition) is 6. The van der Waals surface area contributed by atoms with Crippen molar-refractivity contribution >= 4 is 5.82 Å². The molecular weight excluding hydrogens is 317 g/mol. The van der Waals surface area contributed by atoms with Crippen LogP contribution in [0.5, 0.6) is 0 Å². The molecule has 0 N–H and O–H groups in total. The summed E-state index contributed by atoms with van der Waals surface area (Å²) in [7, 11) is 0. The van der Waals surface area contributed by atoms with Crippen molar-refractivity contribution in [2.45, 2.75) is 26.3 Å². The number of nitrogens with zero attached hydrogens (tertiary/aromatic N) is 5. The molecule has 0 fully saturated rings. The van der Waals surface area contributed by atoms with E-state index in [1.165, 1.54) is 22.9 Å². The summed E-state index contributed by atoms with van der Waals surface area (Å²) in [5.74, 6) is 0.0262. The van der Waals surface area contributed by atoms with Crippen molar-refractivity contribution in [1.82, 2.24) is 19.9 Å². The monoisotopic (exact) mass is 331 g/mol. The lowest BCUT2D eigenvalue weighted by Gasteiger charge is -2.08. The summed E-state index contributed by atoms with van der Waals surface area (Å²) in [6.07, 6.45) is 0.560. The molecule has 0 aliphatic heterocycles. The van der Waals surface area contributed by atoms with Gasteiger partial charge in [0.2, 0.25) is 5.82 Å². The van der Waals surface area contributed by atoms with Gasteiger partial charge in [-0.1, -0.05) is 12.1 Å². The number of nitro groups is 1. The van der Waals surface area contributed by atoms with Crippen LogP contribution in [0.25, 0.3) is 11.4 Å². The van der Waals surface area contributed by atoms with E-state index in [-0.39, 0.29) is 17.5 Å². The summed E-state index contributed by atoms with van der Waals surface area (Å²) in [6.45, 7) is 3.61. The second-order valence-electron chi connectivity index (χ2n) is 5.23. The first kappa shape index (κ1) is 15.8. The summed E-state index contributed by atoms with van der Waals surface area (Å²) < 4.78 is 19.8. The molecule has 2 aromatic heterocycles. The van der Waals surface area contributed by atoms with Crippen LogP contribution in [0, 0.1) is 22.9 Å². The molecule has 1 aromatic carbocycles. The van der Waals surface area contributed by atoms with E-state index in [1.807, 2.05) is 6.92 Å². The van der Waals surface area contributed by atoms with Crippen molar-refractivity contribution < 1.29 is 13.8 Å². The Morgan fingerprint density at radius 3 is 2.67 bits per heavy atom. The Bertz CT molecular complexity index is 872. The molecule has 2 heterocycles. The number of aryl methyl sites for hydroxylation is 1. The smallest absolute Gasteiger partial charge is 0.358 e. The third-order valence-corrected chi connectivity index (χ3v) is 3.61. The average molecular weight is 331 g/mol. The first-order chi connectivity index (χ1) is 11.5. The summed E-state index contributed by atoms with van der Waals surface area (Å²) in [5.41, 5.74) is 1.24. The zero-order chi connectivity index (χ0) is 17.3. The molecule has 0 aliphatic rings. The van der Waals surface area contributed by atoms with E-state index >= 15 is 0 Å². The minimum atomic E-state index is -0.548. The Kier molecular flexibility index (Phi) is 4.07. The molecule has 0 spiro atoms. The minimum absolute atomic E-state index is 0.232. The summed E-state index contributed by atoms with van der Waals surface area (Å²) in [4.78, 5) is 14.7. The Hall–Kier alpha value is -3.10. The first-order valence-electron chi connectivity index (χ1n) is 7.29. The first-order valence-corrected chi connectivity index (χ1v) is 7.29. The Labute approximate surface area is 136 Å². The molecule has 0 amide bonds. The molecule has 0 saturated heterocycles. The maximum Gasteiger partial charge on any atom is 0.390 e. The van der Waals surface area contributed by atoms with E-state index < -0.39 is 11.0 Å². The molecule has 3 rings (SSSR count). The van der Waals surface area contributed by atoms with Crippen molar-refractivity contribution in [2.75, 3.05) is 0 Å². The second-order valence-corrected chi connectivity index (χ2v) is 5.23. The van der Waals surface area contributed by atoms with Gasteiger partial charge in [0.15, 0.2) is 6.04 Å². The van der Waals surface area contributed by atoms with Crippen molar-refractivity contribution in [3.63, 3.8) is 0 Å². The van der Waals surface area contributed by atoms with Crippen LogP contribution in [0.15, 0.2) is 34.9 Å². The van der Waals surface area contributed by atoms with Gasteiger partial charge in [0.1, 0.15) is 5.82 Å². The second kappa shape index (κ2) is 6.19. The number of hydrogen-bond donors (Lipinski definition) is 0. The van der Waals surface area contributed by atoms with Gasteiger partial charge >= 0.3 is 5.82 Å². The van der Waals surface area contributed by atoms with Gasteiger partial charge < -0.3 is 14.6 Å². The van der Waals surface area contributed by atoms with E-state index in [0.717, 1.165) is 0 Å². The third-order valence-electron chi connectivity index (χ3n) is 3.61. The fourth-order valence-corrected chi connectivity index (χ4v) is 2.41. The van der Waals surface area contributed by atoms with Gasteiger partial charge in [-0.05, 0) is 42.5 Å². The summed E-state index contributed by atoms with van der Waals surface area (Å²) in [5, 5.41) is 18.8. The molecule has 0 bridgehead atoms. The lowest BCUT2D eigenvalue weighted by Crippen LogP contribution is -2.13. The Morgan fingerprint density at radius 2 is 2.08 bits per heavy atom. The van der Waals surface area contributed by atoms with Crippen LogP contribution in [0.3, 0.4) is 0 Å². The van der Waals surface area contributed by atoms with E-state index in [1.54, 1.807) is 19.1 Å². The van der Waals surface area contributed by atoms with E-state index in [0.29, 0.717) is 23.5 Å². The van der Waals surface area contributed by atoms with Gasteiger partial charge in [-0.25, -0.2) is 4.39 Å². The van der Waals surface area contributed by atoms with Crippen molar-refractivity contribution in [3.05, 3.63) is 57.8 Å². The molecule has 0 radical (unpaired) electrons. The van der Waals surface area contributed by atoms with Gasteiger partial charge in [0.25, 0.3) is 5.89 Å². The molecule has 0 saturated carbocycles. The van der Waals surface area contributed by atoms with Gasteiger partial charge in [0.05, 0.1) is 16.9 Å². The molecule has 3 aromatic rings. The molecule has 24 heavy (non-hydrogen) atoms. The maximum absolute atomic E-state index is 13.0. The van der Waals surface area contributed by atoms with Gasteiger partial charge in [-0.3, -0.25) is 0 Å². The van der Waals surface area contributed by atoms with Gasteiger partial charge in [-0.2, -0.15) is 9.67 Å². The lowest BCUT2D eigenvalue weighted by molar-refractivity contribution is -0.389. The topological polar surface area (TPSA) is 99.9 Å². The lowest BCUT2D eigenvalue weighted by atomic mass is 10.2. The highest BCUT2D eigenvalue weighted by molar-refractivity contribution is 5.53. The normalized spacial score (nSPS) is 12.3. The van der Waals surface area contributed by atoms with Crippen LogP contribution in [0.2, 0.25) is 0 Å². The fraction of sp³-hybridized carbons (Fsp3) is 0.267. The Balaban J connectivity index is 1.95. The zero-order valence-electron chi connectivity index (χ0n) is 13.0. The molecule has 124 valence electrons. The molecule has 8 nitrogen and oxygen atoms in total. The van der Waals surface area contributed by atoms with E-state index in [9.17, 15) is 14.5 Å². The fourth-order valence-electron chi connectivity index (χ4n) is 2.41. The molecule has 0 aliphatic carbocycles. The third kappa shape index (κ3) is 2.87. The Morgan fingerprint density at radius 1 is 1.38 bits per heavy atom. The number of rotatable bonds is 5. The summed E-state index contributed by atoms with van der Waals surface area (Å²) in [6, 6.07) is 6.69. The maximum atomic E-state index is 13.0. The summed E-state index contributed by atoms with van der Waals surface area (Å²) >= 11 is 0. The van der Waals surface area contributed by atoms with Crippen LogP contribution < -0.4 is 0 Å². The zero-order valence-corrected chi connectivity index (χ0v) is 13.0. The standard InChI is InChI=1S/C15H14FN5O3/c1-3-12(20-9(2)8-13(18-20)21(22)23)15-17-14(19-24-15)10-4-6-11(16)7-5-10/h4-8,12H,3H2,1-2H3. The predicted molar refractivity (Wildman–Crippen MR) is 81.7 cm³/mol. The van der Waals surface area contributed by atoms with Crippen molar-refractivity contribution in [1.29, 1.82) is 0 Å². The van der Waals surface area contributed by atoms with Crippen LogP contribution in [0.4, 0.5) is 10.2 Å². The molecule has 9 heteroatoms.